The van der Waals surface area contributed by atoms with Gasteiger partial charge < -0.3 is 10.5 Å². The van der Waals surface area contributed by atoms with Crippen molar-refractivity contribution >= 4 is 0 Å². The molecular formula is C12H17NO. The van der Waals surface area contributed by atoms with Gasteiger partial charge >= 0.3 is 0 Å². The Kier molecular flexibility index (Phi) is 2.85. The minimum absolute atomic E-state index is 0.136. The Bertz CT molecular complexity index is 305. The van der Waals surface area contributed by atoms with Gasteiger partial charge in [-0.2, -0.15) is 0 Å². The van der Waals surface area contributed by atoms with Crippen LogP contribution in [0.15, 0.2) is 24.3 Å². The van der Waals surface area contributed by atoms with Gasteiger partial charge in [0, 0.05) is 18.6 Å². The summed E-state index contributed by atoms with van der Waals surface area (Å²) in [5, 5.41) is 0. The van der Waals surface area contributed by atoms with E-state index < -0.39 is 0 Å². The van der Waals surface area contributed by atoms with Crippen molar-refractivity contribution in [1.29, 1.82) is 0 Å². The maximum absolute atomic E-state index is 6.19. The number of nitrogens with two attached hydrogens (primary N) is 1. The van der Waals surface area contributed by atoms with Crippen molar-refractivity contribution in [2.45, 2.75) is 19.4 Å². The fourth-order valence-electron chi connectivity index (χ4n) is 1.99. The van der Waals surface area contributed by atoms with Gasteiger partial charge in [-0.3, -0.25) is 0 Å². The van der Waals surface area contributed by atoms with E-state index in [-0.39, 0.29) is 6.04 Å². The molecule has 2 N–H and O–H groups in total. The van der Waals surface area contributed by atoms with Crippen LogP contribution in [0.1, 0.15) is 23.6 Å². The van der Waals surface area contributed by atoms with Crippen molar-refractivity contribution in [3.05, 3.63) is 35.4 Å². The second-order valence-electron chi connectivity index (χ2n) is 4.06. The van der Waals surface area contributed by atoms with Gasteiger partial charge in [-0.25, -0.2) is 0 Å². The summed E-state index contributed by atoms with van der Waals surface area (Å²) >= 11 is 0. The molecule has 1 aliphatic rings. The standard InChI is InChI=1S/C12H17NO/c1-9-3-2-4-10(7-9)12(13)11-5-6-14-8-11/h2-4,7,11-12H,5-6,8,13H2,1H3. The highest BCUT2D eigenvalue weighted by Crippen LogP contribution is 2.26. The van der Waals surface area contributed by atoms with Gasteiger partial charge in [0.15, 0.2) is 0 Å². The lowest BCUT2D eigenvalue weighted by atomic mass is 9.92. The molecule has 2 atom stereocenters. The van der Waals surface area contributed by atoms with Crippen molar-refractivity contribution in [3.63, 3.8) is 0 Å². The van der Waals surface area contributed by atoms with E-state index >= 15 is 0 Å². The van der Waals surface area contributed by atoms with Gasteiger partial charge in [0.25, 0.3) is 0 Å². The molecule has 1 aliphatic heterocycles. The van der Waals surface area contributed by atoms with Crippen molar-refractivity contribution in [1.82, 2.24) is 0 Å². The lowest BCUT2D eigenvalue weighted by molar-refractivity contribution is 0.181. The summed E-state index contributed by atoms with van der Waals surface area (Å²) < 4.78 is 5.35. The molecule has 0 aromatic heterocycles. The molecule has 0 bridgehead atoms. The minimum Gasteiger partial charge on any atom is -0.381 e. The Hall–Kier alpha value is -0.860. The summed E-state index contributed by atoms with van der Waals surface area (Å²) in [4.78, 5) is 0. The predicted molar refractivity (Wildman–Crippen MR) is 57.0 cm³/mol. The molecule has 76 valence electrons. The molecule has 0 radical (unpaired) electrons. The van der Waals surface area contributed by atoms with Crippen LogP contribution in [0.2, 0.25) is 0 Å². The fraction of sp³-hybridized carbons (Fsp3) is 0.500. The zero-order valence-corrected chi connectivity index (χ0v) is 8.57. The van der Waals surface area contributed by atoms with Crippen LogP contribution in [-0.4, -0.2) is 13.2 Å². The third kappa shape index (κ3) is 1.97. The van der Waals surface area contributed by atoms with Crippen molar-refractivity contribution in [3.8, 4) is 0 Å². The first-order valence-corrected chi connectivity index (χ1v) is 5.17. The van der Waals surface area contributed by atoms with E-state index in [4.69, 9.17) is 10.5 Å². The van der Waals surface area contributed by atoms with Gasteiger partial charge in [-0.15, -0.1) is 0 Å². The van der Waals surface area contributed by atoms with E-state index in [0.29, 0.717) is 5.92 Å². The number of rotatable bonds is 2. The zero-order valence-electron chi connectivity index (χ0n) is 8.57. The van der Waals surface area contributed by atoms with E-state index in [0.717, 1.165) is 19.6 Å². The predicted octanol–water partition coefficient (Wildman–Crippen LogP) is 2.03. The van der Waals surface area contributed by atoms with Gasteiger partial charge in [0.1, 0.15) is 0 Å². The van der Waals surface area contributed by atoms with Crippen LogP contribution in [0.25, 0.3) is 0 Å². The van der Waals surface area contributed by atoms with Crippen LogP contribution in [0, 0.1) is 12.8 Å². The quantitative estimate of drug-likeness (QED) is 0.776. The molecule has 0 spiro atoms. The molecule has 0 aliphatic carbocycles. The lowest BCUT2D eigenvalue weighted by Gasteiger charge is -2.18. The topological polar surface area (TPSA) is 35.2 Å². The first-order valence-electron chi connectivity index (χ1n) is 5.17. The van der Waals surface area contributed by atoms with Gasteiger partial charge in [-0.1, -0.05) is 29.8 Å². The normalized spacial score (nSPS) is 23.7. The van der Waals surface area contributed by atoms with E-state index in [1.807, 2.05) is 0 Å². The highest BCUT2D eigenvalue weighted by atomic mass is 16.5. The molecule has 2 nitrogen and oxygen atoms in total. The van der Waals surface area contributed by atoms with E-state index in [1.165, 1.54) is 11.1 Å². The fourth-order valence-corrected chi connectivity index (χ4v) is 1.99. The second kappa shape index (κ2) is 4.11. The van der Waals surface area contributed by atoms with Crippen LogP contribution in [-0.2, 0) is 4.74 Å². The molecule has 1 aromatic rings. The third-order valence-corrected chi connectivity index (χ3v) is 2.90. The van der Waals surface area contributed by atoms with Crippen LogP contribution in [0.5, 0.6) is 0 Å². The summed E-state index contributed by atoms with van der Waals surface area (Å²) in [5.41, 5.74) is 8.70. The van der Waals surface area contributed by atoms with E-state index in [2.05, 4.69) is 31.2 Å². The average Bonchev–Trinajstić information content (AvgIpc) is 2.69. The summed E-state index contributed by atoms with van der Waals surface area (Å²) in [7, 11) is 0. The maximum Gasteiger partial charge on any atom is 0.0513 e. The molecule has 1 aromatic carbocycles. The summed E-state index contributed by atoms with van der Waals surface area (Å²) in [5.74, 6) is 0.497. The largest absolute Gasteiger partial charge is 0.381 e. The monoisotopic (exact) mass is 191 g/mol. The lowest BCUT2D eigenvalue weighted by Crippen LogP contribution is -2.21. The molecule has 2 rings (SSSR count). The Labute approximate surface area is 85.1 Å². The SMILES string of the molecule is Cc1cccc(C(N)C2CCOC2)c1. The second-order valence-corrected chi connectivity index (χ2v) is 4.06. The van der Waals surface area contributed by atoms with Gasteiger partial charge in [0.05, 0.1) is 6.61 Å². The third-order valence-electron chi connectivity index (χ3n) is 2.90. The first kappa shape index (κ1) is 9.69. The Morgan fingerprint density at radius 1 is 1.50 bits per heavy atom. The van der Waals surface area contributed by atoms with Crippen LogP contribution < -0.4 is 5.73 Å². The number of hydrogen-bond donors (Lipinski definition) is 1. The number of aryl methyl sites for hydroxylation is 1. The zero-order chi connectivity index (χ0) is 9.97. The Balaban J connectivity index is 2.13. The summed E-state index contributed by atoms with van der Waals surface area (Å²) in [6.07, 6.45) is 1.09. The average molecular weight is 191 g/mol. The number of hydrogen-bond acceptors (Lipinski definition) is 2. The maximum atomic E-state index is 6.19. The van der Waals surface area contributed by atoms with Crippen LogP contribution in [0.4, 0.5) is 0 Å². The highest BCUT2D eigenvalue weighted by Gasteiger charge is 2.23. The summed E-state index contributed by atoms with van der Waals surface area (Å²) in [6.45, 7) is 3.78. The van der Waals surface area contributed by atoms with E-state index in [1.54, 1.807) is 0 Å². The number of benzene rings is 1. The number of ether oxygens (including phenoxy) is 1. The molecule has 2 unspecified atom stereocenters. The van der Waals surface area contributed by atoms with Crippen LogP contribution in [0.3, 0.4) is 0 Å². The highest BCUT2D eigenvalue weighted by molar-refractivity contribution is 5.25. The van der Waals surface area contributed by atoms with Gasteiger partial charge in [0.2, 0.25) is 0 Å². The molecular weight excluding hydrogens is 174 g/mol. The summed E-state index contributed by atoms with van der Waals surface area (Å²) in [6, 6.07) is 8.58. The first-order chi connectivity index (χ1) is 6.77. The van der Waals surface area contributed by atoms with Crippen LogP contribution >= 0.6 is 0 Å². The molecule has 1 heterocycles. The van der Waals surface area contributed by atoms with Gasteiger partial charge in [-0.05, 0) is 18.9 Å². The Morgan fingerprint density at radius 2 is 2.36 bits per heavy atom. The molecule has 1 saturated heterocycles. The smallest absolute Gasteiger partial charge is 0.0513 e. The molecule has 2 heteroatoms. The minimum atomic E-state index is 0.136. The van der Waals surface area contributed by atoms with Crippen molar-refractivity contribution < 1.29 is 4.74 Å². The molecule has 0 amide bonds. The van der Waals surface area contributed by atoms with Crippen molar-refractivity contribution in [2.24, 2.45) is 11.7 Å². The Morgan fingerprint density at radius 3 is 3.00 bits per heavy atom. The molecule has 14 heavy (non-hydrogen) atoms. The van der Waals surface area contributed by atoms with E-state index in [9.17, 15) is 0 Å². The molecule has 1 fully saturated rings. The molecule has 0 saturated carbocycles. The van der Waals surface area contributed by atoms with Crippen molar-refractivity contribution in [2.75, 3.05) is 13.2 Å².